The molecule has 0 unspecified atom stereocenters. The van der Waals surface area contributed by atoms with Crippen molar-refractivity contribution in [3.05, 3.63) is 0 Å². The maximum Gasteiger partial charge on any atom is 0.0494 e. The summed E-state index contributed by atoms with van der Waals surface area (Å²) < 4.78 is 5.70. The smallest absolute Gasteiger partial charge is 0.0494 e. The first-order valence-corrected chi connectivity index (χ1v) is 6.26. The van der Waals surface area contributed by atoms with Gasteiger partial charge in [-0.05, 0) is 44.6 Å². The highest BCUT2D eigenvalue weighted by Crippen LogP contribution is 2.26. The molecule has 1 saturated carbocycles. The van der Waals surface area contributed by atoms with E-state index in [9.17, 15) is 0 Å². The van der Waals surface area contributed by atoms with Crippen LogP contribution in [-0.4, -0.2) is 25.8 Å². The Hall–Kier alpha value is -0.0800. The molecule has 0 radical (unpaired) electrons. The van der Waals surface area contributed by atoms with Gasteiger partial charge in [-0.2, -0.15) is 0 Å². The Morgan fingerprint density at radius 3 is 2.64 bits per heavy atom. The quantitative estimate of drug-likeness (QED) is 0.683. The van der Waals surface area contributed by atoms with Crippen LogP contribution in [0.4, 0.5) is 0 Å². The van der Waals surface area contributed by atoms with Gasteiger partial charge in [0.15, 0.2) is 0 Å². The molecule has 0 aromatic heterocycles. The van der Waals surface area contributed by atoms with Crippen LogP contribution in [0.2, 0.25) is 0 Å². The van der Waals surface area contributed by atoms with Gasteiger partial charge in [-0.1, -0.05) is 12.8 Å². The van der Waals surface area contributed by atoms with Crippen LogP contribution >= 0.6 is 0 Å². The molecular formula is C12H23NO. The van der Waals surface area contributed by atoms with Crippen LogP contribution in [0.15, 0.2) is 0 Å². The summed E-state index contributed by atoms with van der Waals surface area (Å²) in [5.74, 6) is 0.898. The minimum atomic E-state index is 0.741. The Morgan fingerprint density at radius 2 is 2.00 bits per heavy atom. The van der Waals surface area contributed by atoms with E-state index in [0.29, 0.717) is 0 Å². The predicted octanol–water partition coefficient (Wildman–Crippen LogP) is 2.34. The average Bonchev–Trinajstić information content (AvgIpc) is 2.16. The van der Waals surface area contributed by atoms with Crippen LogP contribution in [0.3, 0.4) is 0 Å². The molecule has 82 valence electrons. The molecule has 14 heavy (non-hydrogen) atoms. The number of piperidine rings is 1. The van der Waals surface area contributed by atoms with Gasteiger partial charge < -0.3 is 10.1 Å². The molecule has 1 saturated heterocycles. The molecule has 0 bridgehead atoms. The van der Waals surface area contributed by atoms with E-state index >= 15 is 0 Å². The van der Waals surface area contributed by atoms with Crippen molar-refractivity contribution in [3.8, 4) is 0 Å². The van der Waals surface area contributed by atoms with Crippen LogP contribution in [0.1, 0.15) is 44.9 Å². The van der Waals surface area contributed by atoms with Crippen LogP contribution in [0.25, 0.3) is 0 Å². The summed E-state index contributed by atoms with van der Waals surface area (Å²) in [4.78, 5) is 0. The van der Waals surface area contributed by atoms with E-state index in [1.54, 1.807) is 0 Å². The normalized spacial score (nSPS) is 28.7. The van der Waals surface area contributed by atoms with Gasteiger partial charge in [0.1, 0.15) is 0 Å². The first kappa shape index (κ1) is 10.4. The van der Waals surface area contributed by atoms with Gasteiger partial charge in [-0.15, -0.1) is 0 Å². The summed E-state index contributed by atoms with van der Waals surface area (Å²) in [6.45, 7) is 3.20. The summed E-state index contributed by atoms with van der Waals surface area (Å²) in [6.07, 6.45) is 9.57. The van der Waals surface area contributed by atoms with E-state index in [-0.39, 0.29) is 0 Å². The van der Waals surface area contributed by atoms with Crippen molar-refractivity contribution in [2.45, 2.75) is 51.0 Å². The molecule has 0 aromatic carbocycles. The summed E-state index contributed by atoms with van der Waals surface area (Å²) in [7, 11) is 0. The van der Waals surface area contributed by atoms with Crippen molar-refractivity contribution < 1.29 is 4.74 Å². The van der Waals surface area contributed by atoms with Crippen molar-refractivity contribution in [3.63, 3.8) is 0 Å². The Kier molecular flexibility index (Phi) is 4.26. The fourth-order valence-corrected chi connectivity index (χ4v) is 2.31. The first-order chi connectivity index (χ1) is 6.95. The van der Waals surface area contributed by atoms with Crippen LogP contribution in [-0.2, 0) is 4.74 Å². The second-order valence-electron chi connectivity index (χ2n) is 4.81. The van der Waals surface area contributed by atoms with Gasteiger partial charge in [0, 0.05) is 19.3 Å². The fraction of sp³-hybridized carbons (Fsp3) is 1.00. The van der Waals surface area contributed by atoms with E-state index in [1.807, 2.05) is 0 Å². The van der Waals surface area contributed by atoms with Crippen LogP contribution in [0, 0.1) is 5.92 Å². The maximum atomic E-state index is 5.70. The summed E-state index contributed by atoms with van der Waals surface area (Å²) in [5.41, 5.74) is 0. The third kappa shape index (κ3) is 3.25. The van der Waals surface area contributed by atoms with Gasteiger partial charge in [-0.25, -0.2) is 0 Å². The number of ether oxygens (including phenoxy) is 1. The van der Waals surface area contributed by atoms with Crippen molar-refractivity contribution in [1.82, 2.24) is 5.32 Å². The molecule has 2 nitrogen and oxygen atoms in total. The van der Waals surface area contributed by atoms with Crippen LogP contribution < -0.4 is 5.32 Å². The van der Waals surface area contributed by atoms with E-state index in [1.165, 1.54) is 51.5 Å². The van der Waals surface area contributed by atoms with Crippen molar-refractivity contribution in [2.75, 3.05) is 19.8 Å². The standard InChI is InChI=1S/C12H23NO/c1-2-8-13-12(6-1)7-9-14-10-11-4-3-5-11/h11-13H,1-10H2/t12-/m0/s1. The summed E-state index contributed by atoms with van der Waals surface area (Å²) in [5, 5.41) is 3.56. The van der Waals surface area contributed by atoms with Crippen molar-refractivity contribution >= 4 is 0 Å². The molecule has 0 spiro atoms. The molecule has 1 aliphatic carbocycles. The lowest BCUT2D eigenvalue weighted by atomic mass is 9.86. The zero-order valence-corrected chi connectivity index (χ0v) is 9.13. The van der Waals surface area contributed by atoms with Gasteiger partial charge >= 0.3 is 0 Å². The van der Waals surface area contributed by atoms with Gasteiger partial charge in [0.2, 0.25) is 0 Å². The zero-order valence-electron chi connectivity index (χ0n) is 9.13. The Labute approximate surface area is 87.4 Å². The molecule has 1 heterocycles. The SMILES string of the molecule is C1CC[C@@H](CCOCC2CCC2)NC1. The van der Waals surface area contributed by atoms with E-state index in [0.717, 1.165) is 25.2 Å². The average molecular weight is 197 g/mol. The second-order valence-corrected chi connectivity index (χ2v) is 4.81. The highest BCUT2D eigenvalue weighted by atomic mass is 16.5. The summed E-state index contributed by atoms with van der Waals surface area (Å²) >= 11 is 0. The molecule has 2 heteroatoms. The molecule has 2 rings (SSSR count). The second kappa shape index (κ2) is 5.72. The molecule has 1 N–H and O–H groups in total. The predicted molar refractivity (Wildman–Crippen MR) is 58.4 cm³/mol. The minimum absolute atomic E-state index is 0.741. The number of hydrogen-bond donors (Lipinski definition) is 1. The fourth-order valence-electron chi connectivity index (χ4n) is 2.31. The van der Waals surface area contributed by atoms with Gasteiger partial charge in [-0.3, -0.25) is 0 Å². The highest BCUT2D eigenvalue weighted by Gasteiger charge is 2.17. The Bertz CT molecular complexity index is 150. The Morgan fingerprint density at radius 1 is 1.07 bits per heavy atom. The molecule has 0 aromatic rings. The van der Waals surface area contributed by atoms with Crippen molar-refractivity contribution in [1.29, 1.82) is 0 Å². The number of nitrogens with one attached hydrogen (secondary N) is 1. The third-order valence-corrected chi connectivity index (χ3v) is 3.60. The largest absolute Gasteiger partial charge is 0.381 e. The van der Waals surface area contributed by atoms with E-state index in [4.69, 9.17) is 4.74 Å². The Balaban J connectivity index is 1.45. The van der Waals surface area contributed by atoms with Crippen LogP contribution in [0.5, 0.6) is 0 Å². The molecule has 2 aliphatic rings. The van der Waals surface area contributed by atoms with Crippen molar-refractivity contribution in [2.24, 2.45) is 5.92 Å². The minimum Gasteiger partial charge on any atom is -0.381 e. The van der Waals surface area contributed by atoms with E-state index < -0.39 is 0 Å². The lowest BCUT2D eigenvalue weighted by Crippen LogP contribution is -2.35. The molecule has 1 aliphatic heterocycles. The topological polar surface area (TPSA) is 21.3 Å². The number of rotatable bonds is 5. The first-order valence-electron chi connectivity index (χ1n) is 6.26. The van der Waals surface area contributed by atoms with Gasteiger partial charge in [0.05, 0.1) is 0 Å². The zero-order chi connectivity index (χ0) is 9.64. The third-order valence-electron chi connectivity index (χ3n) is 3.60. The molecule has 1 atom stereocenters. The summed E-state index contributed by atoms with van der Waals surface area (Å²) in [6, 6.07) is 0.741. The molecular weight excluding hydrogens is 174 g/mol. The molecule has 2 fully saturated rings. The lowest BCUT2D eigenvalue weighted by molar-refractivity contribution is 0.0632. The lowest BCUT2D eigenvalue weighted by Gasteiger charge is -2.26. The van der Waals surface area contributed by atoms with E-state index in [2.05, 4.69) is 5.32 Å². The monoisotopic (exact) mass is 197 g/mol. The maximum absolute atomic E-state index is 5.70. The number of hydrogen-bond acceptors (Lipinski definition) is 2. The highest BCUT2D eigenvalue weighted by molar-refractivity contribution is 4.72. The molecule has 0 amide bonds. The van der Waals surface area contributed by atoms with Gasteiger partial charge in [0.25, 0.3) is 0 Å².